The summed E-state index contributed by atoms with van der Waals surface area (Å²) in [6, 6.07) is 17.6. The number of nitrogens with one attached hydrogen (secondary N) is 3. The summed E-state index contributed by atoms with van der Waals surface area (Å²) in [7, 11) is 0. The van der Waals surface area contributed by atoms with Gasteiger partial charge in [0, 0.05) is 41.8 Å². The summed E-state index contributed by atoms with van der Waals surface area (Å²) in [6.45, 7) is 0.798. The number of urea groups is 1. The molecule has 142 valence electrons. The SMILES string of the molecule is O=C(NCc1ccc(Cl)cc1)Nc1ccc(CNC(=O)c2ccncc2)cc1. The normalized spacial score (nSPS) is 10.2. The van der Waals surface area contributed by atoms with E-state index in [1.54, 1.807) is 48.8 Å². The van der Waals surface area contributed by atoms with E-state index >= 15 is 0 Å². The van der Waals surface area contributed by atoms with Crippen molar-refractivity contribution in [2.75, 3.05) is 5.32 Å². The van der Waals surface area contributed by atoms with E-state index in [4.69, 9.17) is 11.6 Å². The average molecular weight is 395 g/mol. The predicted octanol–water partition coefficient (Wildman–Crippen LogP) is 3.99. The van der Waals surface area contributed by atoms with Crippen molar-refractivity contribution in [2.24, 2.45) is 0 Å². The molecule has 0 saturated heterocycles. The van der Waals surface area contributed by atoms with Crippen molar-refractivity contribution in [2.45, 2.75) is 13.1 Å². The van der Waals surface area contributed by atoms with Crippen molar-refractivity contribution >= 4 is 29.2 Å². The van der Waals surface area contributed by atoms with E-state index in [-0.39, 0.29) is 11.9 Å². The fourth-order valence-corrected chi connectivity index (χ4v) is 2.58. The highest BCUT2D eigenvalue weighted by atomic mass is 35.5. The lowest BCUT2D eigenvalue weighted by Gasteiger charge is -2.09. The number of nitrogens with zero attached hydrogens (tertiary/aromatic N) is 1. The first-order chi connectivity index (χ1) is 13.6. The van der Waals surface area contributed by atoms with Crippen LogP contribution in [-0.2, 0) is 13.1 Å². The van der Waals surface area contributed by atoms with E-state index in [0.717, 1.165) is 11.1 Å². The van der Waals surface area contributed by atoms with Crippen LogP contribution >= 0.6 is 11.6 Å². The van der Waals surface area contributed by atoms with Crippen LogP contribution < -0.4 is 16.0 Å². The Bertz CT molecular complexity index is 929. The number of pyridine rings is 1. The molecular formula is C21H19ClN4O2. The van der Waals surface area contributed by atoms with Crippen LogP contribution in [0.4, 0.5) is 10.5 Å². The number of anilines is 1. The maximum absolute atomic E-state index is 12.0. The van der Waals surface area contributed by atoms with Gasteiger partial charge in [0.2, 0.25) is 0 Å². The maximum Gasteiger partial charge on any atom is 0.319 e. The number of hydrogen-bond acceptors (Lipinski definition) is 3. The average Bonchev–Trinajstić information content (AvgIpc) is 2.73. The first-order valence-corrected chi connectivity index (χ1v) is 9.04. The van der Waals surface area contributed by atoms with Gasteiger partial charge in [0.25, 0.3) is 5.91 Å². The van der Waals surface area contributed by atoms with Crippen LogP contribution in [0.5, 0.6) is 0 Å². The number of carbonyl (C=O) groups is 2. The molecular weight excluding hydrogens is 376 g/mol. The van der Waals surface area contributed by atoms with Gasteiger partial charge in [-0.1, -0.05) is 35.9 Å². The molecule has 0 fully saturated rings. The van der Waals surface area contributed by atoms with Gasteiger partial charge in [-0.15, -0.1) is 0 Å². The fraction of sp³-hybridized carbons (Fsp3) is 0.0952. The molecule has 0 saturated carbocycles. The standard InChI is InChI=1S/C21H19ClN4O2/c22-18-5-1-15(2-6-18)14-25-21(28)26-19-7-3-16(4-8-19)13-24-20(27)17-9-11-23-12-10-17/h1-12H,13-14H2,(H,24,27)(H2,25,26,28). The Hall–Kier alpha value is -3.38. The van der Waals surface area contributed by atoms with Gasteiger partial charge in [-0.25, -0.2) is 4.79 Å². The largest absolute Gasteiger partial charge is 0.348 e. The number of amides is 3. The second-order valence-corrected chi connectivity index (χ2v) is 6.49. The van der Waals surface area contributed by atoms with Crippen LogP contribution in [0.2, 0.25) is 5.02 Å². The van der Waals surface area contributed by atoms with Crippen LogP contribution in [0.15, 0.2) is 73.1 Å². The molecule has 0 aliphatic rings. The van der Waals surface area contributed by atoms with Crippen molar-refractivity contribution in [3.8, 4) is 0 Å². The summed E-state index contributed by atoms with van der Waals surface area (Å²) in [6.07, 6.45) is 3.15. The Kier molecular flexibility index (Phi) is 6.59. The van der Waals surface area contributed by atoms with E-state index in [1.807, 2.05) is 24.3 Å². The number of carbonyl (C=O) groups excluding carboxylic acids is 2. The predicted molar refractivity (Wildman–Crippen MR) is 109 cm³/mol. The molecule has 28 heavy (non-hydrogen) atoms. The highest BCUT2D eigenvalue weighted by Gasteiger charge is 2.05. The minimum Gasteiger partial charge on any atom is -0.348 e. The third-order valence-corrected chi connectivity index (χ3v) is 4.23. The van der Waals surface area contributed by atoms with E-state index in [0.29, 0.717) is 29.4 Å². The molecule has 3 aromatic rings. The van der Waals surface area contributed by atoms with Gasteiger partial charge in [-0.05, 0) is 47.5 Å². The number of hydrogen-bond donors (Lipinski definition) is 3. The van der Waals surface area contributed by atoms with Crippen LogP contribution in [-0.4, -0.2) is 16.9 Å². The van der Waals surface area contributed by atoms with Gasteiger partial charge in [0.05, 0.1) is 0 Å². The number of rotatable bonds is 6. The zero-order valence-corrected chi connectivity index (χ0v) is 15.7. The van der Waals surface area contributed by atoms with Gasteiger partial charge in [-0.3, -0.25) is 9.78 Å². The molecule has 3 rings (SSSR count). The zero-order chi connectivity index (χ0) is 19.8. The molecule has 0 unspecified atom stereocenters. The van der Waals surface area contributed by atoms with Crippen molar-refractivity contribution in [1.29, 1.82) is 0 Å². The molecule has 0 aliphatic carbocycles. The van der Waals surface area contributed by atoms with Gasteiger partial charge in [0.1, 0.15) is 0 Å². The van der Waals surface area contributed by atoms with Crippen molar-refractivity contribution in [3.63, 3.8) is 0 Å². The monoisotopic (exact) mass is 394 g/mol. The van der Waals surface area contributed by atoms with Crippen LogP contribution in [0.1, 0.15) is 21.5 Å². The Morgan fingerprint density at radius 2 is 1.36 bits per heavy atom. The number of aromatic nitrogens is 1. The van der Waals surface area contributed by atoms with Gasteiger partial charge in [-0.2, -0.15) is 0 Å². The highest BCUT2D eigenvalue weighted by Crippen LogP contribution is 2.11. The third kappa shape index (κ3) is 5.82. The highest BCUT2D eigenvalue weighted by molar-refractivity contribution is 6.30. The first-order valence-electron chi connectivity index (χ1n) is 8.66. The van der Waals surface area contributed by atoms with Gasteiger partial charge in [0.15, 0.2) is 0 Å². The molecule has 7 heteroatoms. The van der Waals surface area contributed by atoms with E-state index in [1.165, 1.54) is 0 Å². The molecule has 0 atom stereocenters. The second kappa shape index (κ2) is 9.53. The Morgan fingerprint density at radius 1 is 0.786 bits per heavy atom. The second-order valence-electron chi connectivity index (χ2n) is 6.05. The molecule has 1 aromatic heterocycles. The van der Waals surface area contributed by atoms with Gasteiger partial charge >= 0.3 is 6.03 Å². The first kappa shape index (κ1) is 19.4. The summed E-state index contributed by atoms with van der Waals surface area (Å²) in [5, 5.41) is 9.06. The minimum absolute atomic E-state index is 0.161. The molecule has 3 amide bonds. The van der Waals surface area contributed by atoms with E-state index in [2.05, 4.69) is 20.9 Å². The maximum atomic E-state index is 12.0. The number of halogens is 1. The molecule has 6 nitrogen and oxygen atoms in total. The Balaban J connectivity index is 1.45. The van der Waals surface area contributed by atoms with Crippen molar-refractivity contribution in [3.05, 3.63) is 94.8 Å². The lowest BCUT2D eigenvalue weighted by atomic mass is 10.2. The fourth-order valence-electron chi connectivity index (χ4n) is 2.45. The van der Waals surface area contributed by atoms with Crippen molar-refractivity contribution in [1.82, 2.24) is 15.6 Å². The molecule has 0 bridgehead atoms. The third-order valence-electron chi connectivity index (χ3n) is 3.97. The summed E-state index contributed by atoms with van der Waals surface area (Å²) in [5.74, 6) is -0.161. The van der Waals surface area contributed by atoms with Crippen LogP contribution in [0.3, 0.4) is 0 Å². The van der Waals surface area contributed by atoms with Crippen LogP contribution in [0, 0.1) is 0 Å². The minimum atomic E-state index is -0.298. The summed E-state index contributed by atoms with van der Waals surface area (Å²) in [4.78, 5) is 27.9. The molecule has 1 heterocycles. The zero-order valence-electron chi connectivity index (χ0n) is 15.0. The summed E-state index contributed by atoms with van der Waals surface area (Å²) < 4.78 is 0. The number of benzene rings is 2. The Morgan fingerprint density at radius 3 is 2.00 bits per heavy atom. The van der Waals surface area contributed by atoms with Crippen molar-refractivity contribution < 1.29 is 9.59 Å². The van der Waals surface area contributed by atoms with E-state index in [9.17, 15) is 9.59 Å². The summed E-state index contributed by atoms with van der Waals surface area (Å²) in [5.41, 5.74) is 3.11. The smallest absolute Gasteiger partial charge is 0.319 e. The molecule has 3 N–H and O–H groups in total. The topological polar surface area (TPSA) is 83.1 Å². The molecule has 2 aromatic carbocycles. The molecule has 0 spiro atoms. The lowest BCUT2D eigenvalue weighted by Crippen LogP contribution is -2.28. The van der Waals surface area contributed by atoms with E-state index < -0.39 is 0 Å². The molecule has 0 aliphatic heterocycles. The summed E-state index contributed by atoms with van der Waals surface area (Å²) >= 11 is 5.84. The van der Waals surface area contributed by atoms with Gasteiger partial charge < -0.3 is 16.0 Å². The quantitative estimate of drug-likeness (QED) is 0.591. The molecule has 0 radical (unpaired) electrons. The van der Waals surface area contributed by atoms with Crippen LogP contribution in [0.25, 0.3) is 0 Å². The lowest BCUT2D eigenvalue weighted by molar-refractivity contribution is 0.0951. The Labute approximate surface area is 168 Å².